The van der Waals surface area contributed by atoms with E-state index in [0.29, 0.717) is 24.4 Å². The van der Waals surface area contributed by atoms with Crippen molar-refractivity contribution in [3.05, 3.63) is 71.0 Å². The standard InChI is InChI=1S/C18H20FNO/c1-13(2)15-5-7-16(8-6-15)18(21)20-12-11-14-3-9-17(19)10-4-14/h3-10,13H,11-12H2,1-2H3,(H,20,21). The van der Waals surface area contributed by atoms with E-state index in [4.69, 9.17) is 0 Å². The van der Waals surface area contributed by atoms with Gasteiger partial charge in [-0.25, -0.2) is 4.39 Å². The maximum atomic E-state index is 12.8. The van der Waals surface area contributed by atoms with Crippen molar-refractivity contribution in [1.82, 2.24) is 5.32 Å². The zero-order valence-electron chi connectivity index (χ0n) is 12.4. The molecule has 3 heteroatoms. The van der Waals surface area contributed by atoms with Crippen molar-refractivity contribution in [3.63, 3.8) is 0 Å². The minimum Gasteiger partial charge on any atom is -0.352 e. The lowest BCUT2D eigenvalue weighted by atomic mass is 10.0. The molecule has 2 aromatic rings. The van der Waals surface area contributed by atoms with Crippen LogP contribution < -0.4 is 5.32 Å². The van der Waals surface area contributed by atoms with Crippen LogP contribution in [0.25, 0.3) is 0 Å². The van der Waals surface area contributed by atoms with Crippen LogP contribution in [0.5, 0.6) is 0 Å². The summed E-state index contributed by atoms with van der Waals surface area (Å²) in [6, 6.07) is 14.0. The number of hydrogen-bond acceptors (Lipinski definition) is 1. The summed E-state index contributed by atoms with van der Waals surface area (Å²) in [5.74, 6) is 0.140. The third-order valence-electron chi connectivity index (χ3n) is 3.45. The summed E-state index contributed by atoms with van der Waals surface area (Å²) in [6.45, 7) is 4.78. The summed E-state index contributed by atoms with van der Waals surface area (Å²) in [5, 5.41) is 2.88. The van der Waals surface area contributed by atoms with E-state index < -0.39 is 0 Å². The van der Waals surface area contributed by atoms with E-state index in [-0.39, 0.29) is 11.7 Å². The van der Waals surface area contributed by atoms with E-state index in [1.165, 1.54) is 17.7 Å². The van der Waals surface area contributed by atoms with Gasteiger partial charge in [0.2, 0.25) is 0 Å². The Morgan fingerprint density at radius 3 is 2.24 bits per heavy atom. The second-order valence-corrected chi connectivity index (χ2v) is 5.41. The molecule has 0 radical (unpaired) electrons. The van der Waals surface area contributed by atoms with Gasteiger partial charge in [0, 0.05) is 12.1 Å². The lowest BCUT2D eigenvalue weighted by Gasteiger charge is -2.08. The van der Waals surface area contributed by atoms with Gasteiger partial charge in [-0.2, -0.15) is 0 Å². The first-order valence-electron chi connectivity index (χ1n) is 7.19. The van der Waals surface area contributed by atoms with Crippen LogP contribution in [0.2, 0.25) is 0 Å². The van der Waals surface area contributed by atoms with Crippen LogP contribution in [0.1, 0.15) is 41.3 Å². The Morgan fingerprint density at radius 2 is 1.67 bits per heavy atom. The van der Waals surface area contributed by atoms with Crippen molar-refractivity contribution in [2.75, 3.05) is 6.54 Å². The van der Waals surface area contributed by atoms with Crippen LogP contribution in [-0.2, 0) is 6.42 Å². The molecule has 0 aliphatic heterocycles. The maximum absolute atomic E-state index is 12.8. The number of carbonyl (C=O) groups is 1. The molecule has 2 rings (SSSR count). The molecule has 1 N–H and O–H groups in total. The zero-order valence-corrected chi connectivity index (χ0v) is 12.4. The highest BCUT2D eigenvalue weighted by Crippen LogP contribution is 2.14. The number of nitrogens with one attached hydrogen (secondary N) is 1. The molecule has 0 spiro atoms. The molecule has 0 atom stereocenters. The van der Waals surface area contributed by atoms with Gasteiger partial charge in [0.05, 0.1) is 0 Å². The van der Waals surface area contributed by atoms with Gasteiger partial charge in [-0.3, -0.25) is 4.79 Å². The fourth-order valence-electron chi connectivity index (χ4n) is 2.09. The molecular formula is C18H20FNO. The SMILES string of the molecule is CC(C)c1ccc(C(=O)NCCc2ccc(F)cc2)cc1. The first kappa shape index (κ1) is 15.2. The quantitative estimate of drug-likeness (QED) is 0.886. The topological polar surface area (TPSA) is 29.1 Å². The normalized spacial score (nSPS) is 10.7. The highest BCUT2D eigenvalue weighted by molar-refractivity contribution is 5.94. The fraction of sp³-hybridized carbons (Fsp3) is 0.278. The van der Waals surface area contributed by atoms with Gasteiger partial charge in [0.15, 0.2) is 0 Å². The van der Waals surface area contributed by atoms with Crippen molar-refractivity contribution in [2.45, 2.75) is 26.2 Å². The summed E-state index contributed by atoms with van der Waals surface area (Å²) in [5.41, 5.74) is 2.89. The summed E-state index contributed by atoms with van der Waals surface area (Å²) in [7, 11) is 0. The Balaban J connectivity index is 1.85. The number of rotatable bonds is 5. The summed E-state index contributed by atoms with van der Waals surface area (Å²) < 4.78 is 12.8. The second kappa shape index (κ2) is 7.02. The lowest BCUT2D eigenvalue weighted by Crippen LogP contribution is -2.25. The molecule has 0 fully saturated rings. The van der Waals surface area contributed by atoms with Crippen molar-refractivity contribution in [3.8, 4) is 0 Å². The lowest BCUT2D eigenvalue weighted by molar-refractivity contribution is 0.0954. The third kappa shape index (κ3) is 4.42. The molecule has 110 valence electrons. The van der Waals surface area contributed by atoms with Gasteiger partial charge in [-0.15, -0.1) is 0 Å². The van der Waals surface area contributed by atoms with Crippen molar-refractivity contribution in [1.29, 1.82) is 0 Å². The minimum absolute atomic E-state index is 0.0765. The van der Waals surface area contributed by atoms with E-state index in [0.717, 1.165) is 5.56 Å². The van der Waals surface area contributed by atoms with E-state index in [2.05, 4.69) is 19.2 Å². The molecule has 2 nitrogen and oxygen atoms in total. The Labute approximate surface area is 125 Å². The van der Waals surface area contributed by atoms with E-state index in [1.54, 1.807) is 12.1 Å². The van der Waals surface area contributed by atoms with Crippen molar-refractivity contribution in [2.24, 2.45) is 0 Å². The molecule has 0 unspecified atom stereocenters. The van der Waals surface area contributed by atoms with Crippen molar-refractivity contribution >= 4 is 5.91 Å². The number of carbonyl (C=O) groups excluding carboxylic acids is 1. The van der Waals surface area contributed by atoms with Gasteiger partial charge in [-0.1, -0.05) is 38.1 Å². The van der Waals surface area contributed by atoms with Crippen LogP contribution in [0.15, 0.2) is 48.5 Å². The van der Waals surface area contributed by atoms with Crippen molar-refractivity contribution < 1.29 is 9.18 Å². The fourth-order valence-corrected chi connectivity index (χ4v) is 2.09. The molecule has 2 aromatic carbocycles. The van der Waals surface area contributed by atoms with Crippen LogP contribution in [0.4, 0.5) is 4.39 Å². The first-order valence-corrected chi connectivity index (χ1v) is 7.19. The molecule has 0 saturated carbocycles. The molecule has 21 heavy (non-hydrogen) atoms. The highest BCUT2D eigenvalue weighted by Gasteiger charge is 2.06. The number of benzene rings is 2. The first-order chi connectivity index (χ1) is 10.1. The monoisotopic (exact) mass is 285 g/mol. The molecule has 0 saturated heterocycles. The highest BCUT2D eigenvalue weighted by atomic mass is 19.1. The Hall–Kier alpha value is -2.16. The smallest absolute Gasteiger partial charge is 0.251 e. The maximum Gasteiger partial charge on any atom is 0.251 e. The van der Waals surface area contributed by atoms with Crippen LogP contribution in [-0.4, -0.2) is 12.5 Å². The zero-order chi connectivity index (χ0) is 15.2. The largest absolute Gasteiger partial charge is 0.352 e. The molecule has 0 bridgehead atoms. The molecule has 0 aliphatic rings. The summed E-state index contributed by atoms with van der Waals surface area (Å²) in [6.07, 6.45) is 0.691. The molecule has 1 amide bonds. The van der Waals surface area contributed by atoms with Gasteiger partial charge in [0.25, 0.3) is 5.91 Å². The second-order valence-electron chi connectivity index (χ2n) is 5.41. The van der Waals surface area contributed by atoms with Crippen LogP contribution in [0.3, 0.4) is 0 Å². The summed E-state index contributed by atoms with van der Waals surface area (Å²) in [4.78, 5) is 12.0. The van der Waals surface area contributed by atoms with Crippen LogP contribution >= 0.6 is 0 Å². The van der Waals surface area contributed by atoms with Gasteiger partial charge < -0.3 is 5.32 Å². The van der Waals surface area contributed by atoms with Crippen LogP contribution in [0, 0.1) is 5.82 Å². The minimum atomic E-state index is -0.243. The Bertz CT molecular complexity index is 588. The molecule has 0 heterocycles. The molecule has 0 aromatic heterocycles. The predicted molar refractivity (Wildman–Crippen MR) is 83.0 cm³/mol. The average Bonchev–Trinajstić information content (AvgIpc) is 2.49. The number of halogens is 1. The van der Waals surface area contributed by atoms with Gasteiger partial charge in [-0.05, 0) is 47.7 Å². The van der Waals surface area contributed by atoms with Gasteiger partial charge >= 0.3 is 0 Å². The third-order valence-corrected chi connectivity index (χ3v) is 3.45. The number of amides is 1. The predicted octanol–water partition coefficient (Wildman–Crippen LogP) is 3.92. The van der Waals surface area contributed by atoms with E-state index in [9.17, 15) is 9.18 Å². The van der Waals surface area contributed by atoms with Gasteiger partial charge in [0.1, 0.15) is 5.82 Å². The summed E-state index contributed by atoms with van der Waals surface area (Å²) >= 11 is 0. The van der Waals surface area contributed by atoms with E-state index >= 15 is 0 Å². The number of hydrogen-bond donors (Lipinski definition) is 1. The van der Waals surface area contributed by atoms with E-state index in [1.807, 2.05) is 24.3 Å². The molecular weight excluding hydrogens is 265 g/mol. The Kier molecular flexibility index (Phi) is 5.09. The molecule has 0 aliphatic carbocycles. The average molecular weight is 285 g/mol. The Morgan fingerprint density at radius 1 is 1.05 bits per heavy atom.